The third-order valence-electron chi connectivity index (χ3n) is 3.05. The monoisotopic (exact) mass is 300 g/mol. The van der Waals surface area contributed by atoms with Crippen molar-refractivity contribution in [3.8, 4) is 0 Å². The molecule has 2 aromatic carbocycles. The molecule has 1 atom stereocenters. The van der Waals surface area contributed by atoms with Crippen LogP contribution in [0.5, 0.6) is 0 Å². The lowest BCUT2D eigenvalue weighted by Crippen LogP contribution is -2.29. The highest BCUT2D eigenvalue weighted by Gasteiger charge is 2.20. The second-order valence-corrected chi connectivity index (χ2v) is 4.80. The molecule has 0 amide bonds. The number of halogens is 4. The van der Waals surface area contributed by atoms with Crippen molar-refractivity contribution in [3.05, 3.63) is 69.5 Å². The van der Waals surface area contributed by atoms with Gasteiger partial charge in [0.15, 0.2) is 0 Å². The van der Waals surface area contributed by atoms with E-state index >= 15 is 0 Å². The number of rotatable bonds is 3. The summed E-state index contributed by atoms with van der Waals surface area (Å²) < 4.78 is 40.9. The van der Waals surface area contributed by atoms with Crippen LogP contribution in [0.3, 0.4) is 0 Å². The fourth-order valence-electron chi connectivity index (χ4n) is 1.91. The van der Waals surface area contributed by atoms with Gasteiger partial charge in [-0.2, -0.15) is 0 Å². The van der Waals surface area contributed by atoms with Crippen molar-refractivity contribution in [1.82, 2.24) is 5.43 Å². The molecule has 0 bridgehead atoms. The zero-order chi connectivity index (χ0) is 14.9. The average Bonchev–Trinajstić information content (AvgIpc) is 2.40. The van der Waals surface area contributed by atoms with E-state index in [1.807, 2.05) is 0 Å². The zero-order valence-electron chi connectivity index (χ0n) is 10.6. The van der Waals surface area contributed by atoms with E-state index in [4.69, 9.17) is 17.4 Å². The molecule has 2 nitrogen and oxygen atoms in total. The molecule has 2 rings (SSSR count). The molecule has 0 saturated heterocycles. The van der Waals surface area contributed by atoms with Crippen molar-refractivity contribution in [1.29, 1.82) is 0 Å². The molecule has 0 aliphatic heterocycles. The molecule has 0 aliphatic carbocycles. The molecule has 0 fully saturated rings. The van der Waals surface area contributed by atoms with E-state index in [0.29, 0.717) is 11.1 Å². The minimum Gasteiger partial charge on any atom is -0.271 e. The Morgan fingerprint density at radius 3 is 2.35 bits per heavy atom. The largest absolute Gasteiger partial charge is 0.271 e. The number of hydrogen-bond acceptors (Lipinski definition) is 2. The van der Waals surface area contributed by atoms with Crippen LogP contribution in [0.4, 0.5) is 13.2 Å². The Balaban J connectivity index is 2.52. The highest BCUT2D eigenvalue weighted by atomic mass is 35.5. The summed E-state index contributed by atoms with van der Waals surface area (Å²) in [5, 5.41) is -0.322. The van der Waals surface area contributed by atoms with Crippen molar-refractivity contribution in [2.75, 3.05) is 0 Å². The normalized spacial score (nSPS) is 12.5. The molecule has 6 heteroatoms. The van der Waals surface area contributed by atoms with E-state index in [-0.39, 0.29) is 10.6 Å². The Hall–Kier alpha value is -1.56. The van der Waals surface area contributed by atoms with E-state index in [1.54, 1.807) is 19.1 Å². The molecule has 3 N–H and O–H groups in total. The lowest BCUT2D eigenvalue weighted by atomic mass is 9.97. The van der Waals surface area contributed by atoms with Gasteiger partial charge in [0.1, 0.15) is 17.5 Å². The molecule has 0 saturated carbocycles. The summed E-state index contributed by atoms with van der Waals surface area (Å²) in [5.74, 6) is 3.45. The lowest BCUT2D eigenvalue weighted by molar-refractivity contribution is 0.542. The van der Waals surface area contributed by atoms with Crippen LogP contribution in [0.25, 0.3) is 0 Å². The summed E-state index contributed by atoms with van der Waals surface area (Å²) in [6, 6.07) is 5.29. The smallest absolute Gasteiger partial charge is 0.142 e. The van der Waals surface area contributed by atoms with E-state index in [9.17, 15) is 13.2 Å². The maximum Gasteiger partial charge on any atom is 0.142 e. The van der Waals surface area contributed by atoms with Gasteiger partial charge in [-0.3, -0.25) is 5.84 Å². The van der Waals surface area contributed by atoms with Crippen LogP contribution in [0.2, 0.25) is 5.02 Å². The zero-order valence-corrected chi connectivity index (χ0v) is 11.3. The molecular weight excluding hydrogens is 289 g/mol. The van der Waals surface area contributed by atoms with Gasteiger partial charge < -0.3 is 0 Å². The minimum atomic E-state index is -0.878. The molecule has 0 aliphatic rings. The van der Waals surface area contributed by atoms with Crippen LogP contribution in [-0.4, -0.2) is 0 Å². The molecule has 1 unspecified atom stereocenters. The van der Waals surface area contributed by atoms with Crippen molar-refractivity contribution in [3.63, 3.8) is 0 Å². The van der Waals surface area contributed by atoms with Gasteiger partial charge in [0.25, 0.3) is 0 Å². The Morgan fingerprint density at radius 1 is 1.05 bits per heavy atom. The first-order chi connectivity index (χ1) is 9.43. The van der Waals surface area contributed by atoms with Gasteiger partial charge in [-0.15, -0.1) is 0 Å². The van der Waals surface area contributed by atoms with E-state index in [1.165, 1.54) is 6.07 Å². The molecule has 0 radical (unpaired) electrons. The second-order valence-electron chi connectivity index (χ2n) is 4.40. The quantitative estimate of drug-likeness (QED) is 0.516. The fraction of sp³-hybridized carbons (Fsp3) is 0.143. The summed E-state index contributed by atoms with van der Waals surface area (Å²) in [7, 11) is 0. The van der Waals surface area contributed by atoms with E-state index in [2.05, 4.69) is 5.43 Å². The predicted octanol–water partition coefficient (Wildman–Crippen LogP) is 3.62. The van der Waals surface area contributed by atoms with Gasteiger partial charge in [-0.05, 0) is 36.2 Å². The van der Waals surface area contributed by atoms with Crippen LogP contribution in [0.1, 0.15) is 22.7 Å². The number of aryl methyl sites for hydroxylation is 1. The van der Waals surface area contributed by atoms with E-state index < -0.39 is 23.5 Å². The Bertz CT molecular complexity index is 647. The Labute approximate surface area is 119 Å². The Morgan fingerprint density at radius 2 is 1.75 bits per heavy atom. The maximum atomic E-state index is 13.9. The second kappa shape index (κ2) is 5.83. The van der Waals surface area contributed by atoms with Crippen molar-refractivity contribution >= 4 is 11.6 Å². The first-order valence-electron chi connectivity index (χ1n) is 5.80. The molecule has 106 valence electrons. The Kier molecular flexibility index (Phi) is 4.32. The van der Waals surface area contributed by atoms with Crippen LogP contribution < -0.4 is 11.3 Å². The van der Waals surface area contributed by atoms with Gasteiger partial charge in [-0.25, -0.2) is 18.6 Å². The number of nitrogens with two attached hydrogens (primary N) is 1. The van der Waals surface area contributed by atoms with Gasteiger partial charge in [0, 0.05) is 5.56 Å². The number of hydrogen-bond donors (Lipinski definition) is 2. The molecule has 0 aromatic heterocycles. The SMILES string of the molecule is Cc1ccc(C(NN)c2cc(F)c(Cl)cc2F)cc1F. The highest BCUT2D eigenvalue weighted by molar-refractivity contribution is 6.30. The molecule has 0 heterocycles. The molecule has 2 aromatic rings. The third kappa shape index (κ3) is 2.80. The van der Waals surface area contributed by atoms with Crippen LogP contribution >= 0.6 is 11.6 Å². The minimum absolute atomic E-state index is 0.0438. The maximum absolute atomic E-state index is 13.9. The summed E-state index contributed by atoms with van der Waals surface area (Å²) in [4.78, 5) is 0. The first-order valence-corrected chi connectivity index (χ1v) is 6.18. The van der Waals surface area contributed by atoms with Crippen molar-refractivity contribution < 1.29 is 13.2 Å². The molecule has 0 spiro atoms. The predicted molar refractivity (Wildman–Crippen MR) is 71.7 cm³/mol. The van der Waals surface area contributed by atoms with E-state index in [0.717, 1.165) is 12.1 Å². The number of hydrazine groups is 1. The van der Waals surface area contributed by atoms with Gasteiger partial charge in [-0.1, -0.05) is 23.7 Å². The molecule has 20 heavy (non-hydrogen) atoms. The van der Waals surface area contributed by atoms with Crippen LogP contribution in [-0.2, 0) is 0 Å². The summed E-state index contributed by atoms with van der Waals surface area (Å²) in [6.45, 7) is 1.60. The number of benzene rings is 2. The number of nitrogens with one attached hydrogen (secondary N) is 1. The topological polar surface area (TPSA) is 38.0 Å². The summed E-state index contributed by atoms with van der Waals surface area (Å²) in [6.07, 6.45) is 0. The molecular formula is C14H12ClF3N2. The van der Waals surface area contributed by atoms with Gasteiger partial charge >= 0.3 is 0 Å². The highest BCUT2D eigenvalue weighted by Crippen LogP contribution is 2.28. The lowest BCUT2D eigenvalue weighted by Gasteiger charge is -2.18. The van der Waals surface area contributed by atoms with Gasteiger partial charge in [0.2, 0.25) is 0 Å². The average molecular weight is 301 g/mol. The van der Waals surface area contributed by atoms with Gasteiger partial charge in [0.05, 0.1) is 11.1 Å². The summed E-state index contributed by atoms with van der Waals surface area (Å²) >= 11 is 5.50. The fourth-order valence-corrected chi connectivity index (χ4v) is 2.06. The van der Waals surface area contributed by atoms with Crippen molar-refractivity contribution in [2.45, 2.75) is 13.0 Å². The third-order valence-corrected chi connectivity index (χ3v) is 3.34. The van der Waals surface area contributed by atoms with Crippen LogP contribution in [0, 0.1) is 24.4 Å². The summed E-state index contributed by atoms with van der Waals surface area (Å²) in [5.41, 5.74) is 3.15. The first kappa shape index (κ1) is 14.8. The van der Waals surface area contributed by atoms with Crippen LogP contribution in [0.15, 0.2) is 30.3 Å². The van der Waals surface area contributed by atoms with Crippen molar-refractivity contribution in [2.24, 2.45) is 5.84 Å². The standard InChI is InChI=1S/C14H12ClF3N2/c1-7-2-3-8(4-11(7)16)14(20-19)9-5-13(18)10(15)6-12(9)17/h2-6,14,20H,19H2,1H3.